The second-order valence-corrected chi connectivity index (χ2v) is 9.15. The van der Waals surface area contributed by atoms with Gasteiger partial charge in [0, 0.05) is 20.1 Å². The van der Waals surface area contributed by atoms with Crippen LogP contribution in [0.2, 0.25) is 0 Å². The lowest BCUT2D eigenvalue weighted by molar-refractivity contribution is -0.146. The number of nitrogens with one attached hydrogen (secondary N) is 1. The summed E-state index contributed by atoms with van der Waals surface area (Å²) in [5, 5.41) is 2.81. The van der Waals surface area contributed by atoms with E-state index in [1.54, 1.807) is 11.8 Å². The summed E-state index contributed by atoms with van der Waals surface area (Å²) in [5.74, 6) is -1.45. The Labute approximate surface area is 190 Å². The Hall–Kier alpha value is -2.61. The minimum absolute atomic E-state index is 0.290. The largest absolute Gasteiger partial charge is 0.467 e. The zero-order valence-corrected chi connectivity index (χ0v) is 19.9. The van der Waals surface area contributed by atoms with Crippen LogP contribution in [0, 0.1) is 5.92 Å². The van der Waals surface area contributed by atoms with Crippen molar-refractivity contribution in [2.24, 2.45) is 5.92 Å². The lowest BCUT2D eigenvalue weighted by Gasteiger charge is -2.35. The third-order valence-electron chi connectivity index (χ3n) is 5.57. The molecule has 0 saturated carbocycles. The number of amides is 2. The van der Waals surface area contributed by atoms with Crippen molar-refractivity contribution in [3.63, 3.8) is 0 Å². The van der Waals surface area contributed by atoms with E-state index in [9.17, 15) is 14.4 Å². The van der Waals surface area contributed by atoms with Crippen LogP contribution in [0.3, 0.4) is 0 Å². The molecule has 1 aliphatic rings. The lowest BCUT2D eigenvalue weighted by atomic mass is 9.94. The first kappa shape index (κ1) is 25.6. The molecule has 2 rings (SSSR count). The first-order valence-corrected chi connectivity index (χ1v) is 11.0. The molecule has 178 valence electrons. The summed E-state index contributed by atoms with van der Waals surface area (Å²) in [6, 6.07) is 8.31. The second-order valence-electron chi connectivity index (χ2n) is 9.15. The molecule has 32 heavy (non-hydrogen) atoms. The monoisotopic (exact) mass is 448 g/mol. The summed E-state index contributed by atoms with van der Waals surface area (Å²) in [7, 11) is 2.83. The van der Waals surface area contributed by atoms with Crippen molar-refractivity contribution in [2.75, 3.05) is 20.8 Å². The molecule has 0 aromatic heterocycles. The number of esters is 1. The van der Waals surface area contributed by atoms with Crippen molar-refractivity contribution in [3.05, 3.63) is 35.9 Å². The van der Waals surface area contributed by atoms with Crippen LogP contribution in [0.15, 0.2) is 30.3 Å². The molecule has 2 amide bonds. The zero-order chi connectivity index (χ0) is 23.9. The Morgan fingerprint density at radius 3 is 2.38 bits per heavy atom. The van der Waals surface area contributed by atoms with Crippen LogP contribution >= 0.6 is 0 Å². The number of ether oxygens (including phenoxy) is 3. The van der Waals surface area contributed by atoms with Crippen LogP contribution in [0.1, 0.15) is 46.1 Å². The van der Waals surface area contributed by atoms with Gasteiger partial charge in [-0.25, -0.2) is 9.59 Å². The van der Waals surface area contributed by atoms with Crippen LogP contribution in [0.4, 0.5) is 4.79 Å². The molecule has 3 unspecified atom stereocenters. The molecular formula is C24H36N2O6. The van der Waals surface area contributed by atoms with Crippen LogP contribution in [-0.2, 0) is 30.2 Å². The smallest absolute Gasteiger partial charge is 0.410 e. The summed E-state index contributed by atoms with van der Waals surface area (Å²) in [4.78, 5) is 39.7. The third-order valence-corrected chi connectivity index (χ3v) is 5.57. The highest BCUT2D eigenvalue weighted by atomic mass is 16.6. The number of rotatable bonds is 8. The Morgan fingerprint density at radius 2 is 1.81 bits per heavy atom. The van der Waals surface area contributed by atoms with E-state index in [1.807, 2.05) is 51.1 Å². The van der Waals surface area contributed by atoms with Gasteiger partial charge in [0.25, 0.3) is 0 Å². The van der Waals surface area contributed by atoms with Gasteiger partial charge in [0.05, 0.1) is 25.2 Å². The zero-order valence-electron chi connectivity index (χ0n) is 19.9. The van der Waals surface area contributed by atoms with Gasteiger partial charge in [0.15, 0.2) is 0 Å². The molecule has 1 aromatic carbocycles. The maximum Gasteiger partial charge on any atom is 0.410 e. The van der Waals surface area contributed by atoms with Gasteiger partial charge in [0.2, 0.25) is 5.91 Å². The molecule has 1 saturated heterocycles. The number of carbonyl (C=O) groups excluding carboxylic acids is 3. The van der Waals surface area contributed by atoms with Crippen LogP contribution in [-0.4, -0.2) is 67.4 Å². The number of hydrogen-bond donors (Lipinski definition) is 1. The van der Waals surface area contributed by atoms with Crippen molar-refractivity contribution in [1.29, 1.82) is 0 Å². The summed E-state index contributed by atoms with van der Waals surface area (Å²) >= 11 is 0. The fourth-order valence-corrected chi connectivity index (χ4v) is 4.01. The fourth-order valence-electron chi connectivity index (χ4n) is 4.01. The predicted octanol–water partition coefficient (Wildman–Crippen LogP) is 2.94. The summed E-state index contributed by atoms with van der Waals surface area (Å²) < 4.78 is 16.1. The average Bonchev–Trinajstić information content (AvgIpc) is 3.22. The predicted molar refractivity (Wildman–Crippen MR) is 120 cm³/mol. The summed E-state index contributed by atoms with van der Waals surface area (Å²) in [6.45, 7) is 7.75. The van der Waals surface area contributed by atoms with Crippen LogP contribution < -0.4 is 5.32 Å². The van der Waals surface area contributed by atoms with E-state index in [0.29, 0.717) is 19.4 Å². The number of benzene rings is 1. The van der Waals surface area contributed by atoms with Crippen molar-refractivity contribution >= 4 is 18.0 Å². The number of carbonyl (C=O) groups is 3. The number of likely N-dealkylation sites (tertiary alicyclic amines) is 1. The normalized spacial score (nSPS) is 19.1. The topological polar surface area (TPSA) is 94.2 Å². The molecule has 1 heterocycles. The van der Waals surface area contributed by atoms with E-state index in [2.05, 4.69) is 5.32 Å². The highest BCUT2D eigenvalue weighted by Gasteiger charge is 2.41. The fraction of sp³-hybridized carbons (Fsp3) is 0.625. The molecule has 0 bridgehead atoms. The minimum Gasteiger partial charge on any atom is -0.467 e. The molecule has 1 aliphatic heterocycles. The number of methoxy groups -OCH3 is 2. The molecule has 4 atom stereocenters. The lowest BCUT2D eigenvalue weighted by Crippen LogP contribution is -2.53. The van der Waals surface area contributed by atoms with Gasteiger partial charge in [-0.2, -0.15) is 0 Å². The van der Waals surface area contributed by atoms with E-state index in [-0.39, 0.29) is 11.9 Å². The van der Waals surface area contributed by atoms with E-state index < -0.39 is 35.7 Å². The van der Waals surface area contributed by atoms with Crippen LogP contribution in [0.25, 0.3) is 0 Å². The van der Waals surface area contributed by atoms with Crippen molar-refractivity contribution in [3.8, 4) is 0 Å². The first-order chi connectivity index (χ1) is 15.1. The maximum atomic E-state index is 13.1. The molecule has 1 fully saturated rings. The quantitative estimate of drug-likeness (QED) is 0.615. The van der Waals surface area contributed by atoms with Gasteiger partial charge in [-0.05, 0) is 39.2 Å². The Bertz CT molecular complexity index is 776. The van der Waals surface area contributed by atoms with Gasteiger partial charge in [-0.3, -0.25) is 4.79 Å². The highest BCUT2D eigenvalue weighted by molar-refractivity contribution is 5.86. The molecule has 8 nitrogen and oxygen atoms in total. The SMILES string of the molecule is COC(=O)C(Cc1ccccc1)NC(=O)C(C)C(OC)[C@@H]1CCCN1C(=O)OC(C)(C)C. The van der Waals surface area contributed by atoms with Gasteiger partial charge in [-0.1, -0.05) is 37.3 Å². The van der Waals surface area contributed by atoms with Crippen molar-refractivity contribution < 1.29 is 28.6 Å². The van der Waals surface area contributed by atoms with Gasteiger partial charge >= 0.3 is 12.1 Å². The average molecular weight is 449 g/mol. The molecule has 1 aromatic rings. The Kier molecular flexibility index (Phi) is 9.07. The maximum absolute atomic E-state index is 13.1. The summed E-state index contributed by atoms with van der Waals surface area (Å²) in [5.41, 5.74) is 0.298. The van der Waals surface area contributed by atoms with E-state index in [0.717, 1.165) is 12.0 Å². The van der Waals surface area contributed by atoms with Gasteiger partial charge in [0.1, 0.15) is 11.6 Å². The van der Waals surface area contributed by atoms with Crippen LogP contribution in [0.5, 0.6) is 0 Å². The Morgan fingerprint density at radius 1 is 1.16 bits per heavy atom. The number of nitrogens with zero attached hydrogens (tertiary/aromatic N) is 1. The number of hydrogen-bond acceptors (Lipinski definition) is 6. The van der Waals surface area contributed by atoms with Crippen molar-refractivity contribution in [2.45, 2.75) is 70.7 Å². The molecular weight excluding hydrogens is 412 g/mol. The van der Waals surface area contributed by atoms with Crippen molar-refractivity contribution in [1.82, 2.24) is 10.2 Å². The Balaban J connectivity index is 2.11. The third kappa shape index (κ3) is 6.95. The summed E-state index contributed by atoms with van der Waals surface area (Å²) in [6.07, 6.45) is 0.875. The van der Waals surface area contributed by atoms with E-state index >= 15 is 0 Å². The van der Waals surface area contributed by atoms with Gasteiger partial charge < -0.3 is 24.4 Å². The van der Waals surface area contributed by atoms with E-state index in [4.69, 9.17) is 14.2 Å². The molecule has 0 spiro atoms. The second kappa shape index (κ2) is 11.3. The highest BCUT2D eigenvalue weighted by Crippen LogP contribution is 2.28. The molecule has 0 radical (unpaired) electrons. The minimum atomic E-state index is -0.819. The molecule has 8 heteroatoms. The molecule has 1 N–H and O–H groups in total. The molecule has 0 aliphatic carbocycles. The first-order valence-electron chi connectivity index (χ1n) is 11.0. The standard InChI is InChI=1S/C24H36N2O6/c1-16(20(30-5)19-13-10-14-26(19)23(29)32-24(2,3)4)21(27)25-18(22(28)31-6)15-17-11-8-7-9-12-17/h7-9,11-12,16,18-20H,10,13-15H2,1-6H3,(H,25,27)/t16?,18?,19-,20?/m0/s1. The van der Waals surface area contributed by atoms with E-state index in [1.165, 1.54) is 14.2 Å². The van der Waals surface area contributed by atoms with Gasteiger partial charge in [-0.15, -0.1) is 0 Å².